The number of hydrogen-bond acceptors (Lipinski definition) is 7. The zero-order valence-electron chi connectivity index (χ0n) is 25.3. The summed E-state index contributed by atoms with van der Waals surface area (Å²) in [6.07, 6.45) is 1.97. The first-order valence-electron chi connectivity index (χ1n) is 14.1. The molecule has 2 heterocycles. The normalized spacial score (nSPS) is 24.2. The molecule has 0 spiro atoms. The van der Waals surface area contributed by atoms with Gasteiger partial charge in [0.25, 0.3) is 0 Å². The maximum absolute atomic E-state index is 14.2. The molecule has 3 N–H and O–H groups in total. The van der Waals surface area contributed by atoms with E-state index in [-0.39, 0.29) is 19.4 Å². The number of carbonyl (C=O) groups is 4. The minimum Gasteiger partial charge on any atom is -0.488 e. The van der Waals surface area contributed by atoms with E-state index in [1.54, 1.807) is 72.0 Å². The lowest BCUT2D eigenvalue weighted by Crippen LogP contribution is -2.59. The Kier molecular flexibility index (Phi) is 8.70. The van der Waals surface area contributed by atoms with E-state index in [4.69, 9.17) is 21.1 Å². The predicted molar refractivity (Wildman–Crippen MR) is 161 cm³/mol. The van der Waals surface area contributed by atoms with Crippen molar-refractivity contribution in [2.45, 2.75) is 83.7 Å². The van der Waals surface area contributed by atoms with Crippen LogP contribution >= 0.6 is 11.6 Å². The summed E-state index contributed by atoms with van der Waals surface area (Å²) < 4.78 is 11.7. The molecule has 0 unspecified atom stereocenters. The highest BCUT2D eigenvalue weighted by molar-refractivity contribution is 6.31. The molecule has 0 bridgehead atoms. The van der Waals surface area contributed by atoms with E-state index < -0.39 is 64.5 Å². The number of nitrogens with zero attached hydrogens (tertiary/aromatic N) is 2. The van der Waals surface area contributed by atoms with Gasteiger partial charge in [-0.2, -0.15) is 0 Å². The van der Waals surface area contributed by atoms with Gasteiger partial charge in [0.05, 0.1) is 12.1 Å². The van der Waals surface area contributed by atoms with Crippen LogP contribution in [-0.4, -0.2) is 74.7 Å². The first-order chi connectivity index (χ1) is 19.9. The number of rotatable bonds is 8. The van der Waals surface area contributed by atoms with Crippen LogP contribution in [0.1, 0.15) is 54.4 Å². The van der Waals surface area contributed by atoms with Crippen LogP contribution in [0.4, 0.5) is 4.79 Å². The Labute approximate surface area is 255 Å². The van der Waals surface area contributed by atoms with Crippen molar-refractivity contribution in [1.29, 1.82) is 0 Å². The number of aromatic nitrogens is 1. The van der Waals surface area contributed by atoms with E-state index in [1.807, 2.05) is 0 Å². The van der Waals surface area contributed by atoms with E-state index in [0.717, 1.165) is 0 Å². The second kappa shape index (κ2) is 11.7. The quantitative estimate of drug-likeness (QED) is 0.373. The van der Waals surface area contributed by atoms with E-state index in [0.29, 0.717) is 21.7 Å². The number of benzene rings is 1. The summed E-state index contributed by atoms with van der Waals surface area (Å²) in [5.74, 6) is -2.25. The number of likely N-dealkylation sites (tertiary alicyclic amines) is 1. The first kappa shape index (κ1) is 32.1. The Balaban J connectivity index is 1.64. The molecule has 2 fully saturated rings. The molecule has 1 aromatic carbocycles. The van der Waals surface area contributed by atoms with Crippen LogP contribution in [0.15, 0.2) is 43.1 Å². The Hall–Kier alpha value is -3.86. The lowest BCUT2D eigenvalue weighted by molar-refractivity contribution is -0.146. The van der Waals surface area contributed by atoms with Crippen LogP contribution in [-0.2, 0) is 19.1 Å². The molecule has 11 nitrogen and oxygen atoms in total. The molecular weight excluding hydrogens is 576 g/mol. The number of nitrogens with one attached hydrogen (secondary N) is 2. The van der Waals surface area contributed by atoms with Gasteiger partial charge in [0, 0.05) is 28.9 Å². The third kappa shape index (κ3) is 7.04. The Morgan fingerprint density at radius 3 is 2.47 bits per heavy atom. The minimum atomic E-state index is -1.48. The molecule has 2 aliphatic rings. The van der Waals surface area contributed by atoms with Crippen molar-refractivity contribution in [3.8, 4) is 5.75 Å². The van der Waals surface area contributed by atoms with Gasteiger partial charge in [0.1, 0.15) is 35.1 Å². The van der Waals surface area contributed by atoms with Gasteiger partial charge >= 0.3 is 12.1 Å². The van der Waals surface area contributed by atoms with Crippen LogP contribution in [0.2, 0.25) is 5.02 Å². The van der Waals surface area contributed by atoms with E-state index in [2.05, 4.69) is 22.2 Å². The molecule has 43 heavy (non-hydrogen) atoms. The SMILES string of the molecule is C=C[C@@H]1C[C@]1(NC(=O)[C@@H]1C[C@@H](Oc2ccnc3cc(Cl)ccc23)CN1C(=O)[C@@H](NC(=O)OC(C)(C)C)C(C)(C)C)C(=O)O. The molecule has 3 amide bonds. The zero-order valence-corrected chi connectivity index (χ0v) is 26.0. The fourth-order valence-electron chi connectivity index (χ4n) is 5.31. The molecule has 1 saturated heterocycles. The highest BCUT2D eigenvalue weighted by Gasteiger charge is 2.61. The molecular formula is C31H39ClN4O7. The van der Waals surface area contributed by atoms with Crippen LogP contribution in [0.3, 0.4) is 0 Å². The summed E-state index contributed by atoms with van der Waals surface area (Å²) in [4.78, 5) is 58.4. The average molecular weight is 615 g/mol. The second-order valence-electron chi connectivity index (χ2n) is 13.2. The second-order valence-corrected chi connectivity index (χ2v) is 13.6. The van der Waals surface area contributed by atoms with Gasteiger partial charge in [-0.3, -0.25) is 14.6 Å². The standard InChI is InChI=1S/C31H39ClN4O7/c1-8-17-15-31(17,27(39)40)35-25(37)22-14-19(42-23-11-12-33-21-13-18(32)9-10-20(21)23)16-36(22)26(38)24(29(2,3)4)34-28(41)43-30(5,6)7/h8-13,17,19,22,24H,1,14-16H2,2-7H3,(H,34,41)(H,35,37)(H,39,40)/t17-,19-,22+,24-,31-/m1/s1. The fraction of sp³-hybridized carbons (Fsp3) is 0.516. The number of amides is 3. The summed E-state index contributed by atoms with van der Waals surface area (Å²) in [6, 6.07) is 4.77. The number of ether oxygens (including phenoxy) is 2. The molecule has 232 valence electrons. The number of carbonyl (C=O) groups excluding carboxylic acids is 3. The first-order valence-corrected chi connectivity index (χ1v) is 14.5. The van der Waals surface area contributed by atoms with Crippen molar-refractivity contribution in [1.82, 2.24) is 20.5 Å². The molecule has 1 aliphatic heterocycles. The summed E-state index contributed by atoms with van der Waals surface area (Å²) in [5.41, 5.74) is -2.42. The van der Waals surface area contributed by atoms with Gasteiger partial charge in [-0.25, -0.2) is 9.59 Å². The van der Waals surface area contributed by atoms with Crippen LogP contribution in [0, 0.1) is 11.3 Å². The highest BCUT2D eigenvalue weighted by atomic mass is 35.5. The third-order valence-electron chi connectivity index (χ3n) is 7.61. The average Bonchev–Trinajstić information content (AvgIpc) is 3.45. The number of carboxylic acids is 1. The lowest BCUT2D eigenvalue weighted by Gasteiger charge is -2.35. The monoisotopic (exact) mass is 614 g/mol. The topological polar surface area (TPSA) is 147 Å². The van der Waals surface area contributed by atoms with Gasteiger partial charge in [-0.15, -0.1) is 6.58 Å². The number of halogens is 1. The number of pyridine rings is 1. The molecule has 0 radical (unpaired) electrons. The zero-order chi connectivity index (χ0) is 31.9. The predicted octanol–water partition coefficient (Wildman–Crippen LogP) is 4.32. The van der Waals surface area contributed by atoms with Crippen molar-refractivity contribution >= 4 is 46.4 Å². The largest absolute Gasteiger partial charge is 0.488 e. The van der Waals surface area contributed by atoms with Gasteiger partial charge in [0.15, 0.2) is 0 Å². The molecule has 1 aromatic heterocycles. The Bertz CT molecular complexity index is 1450. The van der Waals surface area contributed by atoms with Crippen molar-refractivity contribution in [2.24, 2.45) is 11.3 Å². The maximum Gasteiger partial charge on any atom is 0.408 e. The van der Waals surface area contributed by atoms with Crippen LogP contribution in [0.25, 0.3) is 10.9 Å². The number of carboxylic acid groups (broad SMARTS) is 1. The molecule has 2 aromatic rings. The van der Waals surface area contributed by atoms with Crippen molar-refractivity contribution < 1.29 is 33.8 Å². The molecule has 12 heteroatoms. The van der Waals surface area contributed by atoms with Gasteiger partial charge in [0.2, 0.25) is 11.8 Å². The summed E-state index contributed by atoms with van der Waals surface area (Å²) in [6.45, 7) is 14.2. The lowest BCUT2D eigenvalue weighted by atomic mass is 9.85. The number of aliphatic carboxylic acids is 1. The van der Waals surface area contributed by atoms with Gasteiger partial charge in [-0.05, 0) is 56.9 Å². The molecule has 5 atom stereocenters. The fourth-order valence-corrected chi connectivity index (χ4v) is 5.48. The summed E-state index contributed by atoms with van der Waals surface area (Å²) in [5, 5.41) is 16.5. The Morgan fingerprint density at radius 2 is 1.88 bits per heavy atom. The van der Waals surface area contributed by atoms with Crippen molar-refractivity contribution in [3.63, 3.8) is 0 Å². The highest BCUT2D eigenvalue weighted by Crippen LogP contribution is 2.45. The number of hydrogen-bond donors (Lipinski definition) is 3. The van der Waals surface area contributed by atoms with Crippen LogP contribution < -0.4 is 15.4 Å². The maximum atomic E-state index is 14.2. The number of fused-ring (bicyclic) bond motifs is 1. The molecule has 1 saturated carbocycles. The van der Waals surface area contributed by atoms with Crippen molar-refractivity contribution in [3.05, 3.63) is 48.1 Å². The van der Waals surface area contributed by atoms with Gasteiger partial charge in [-0.1, -0.05) is 38.4 Å². The molecule has 4 rings (SSSR count). The van der Waals surface area contributed by atoms with Crippen molar-refractivity contribution in [2.75, 3.05) is 6.54 Å². The summed E-state index contributed by atoms with van der Waals surface area (Å²) >= 11 is 6.13. The minimum absolute atomic E-state index is 0.0157. The summed E-state index contributed by atoms with van der Waals surface area (Å²) in [7, 11) is 0. The Morgan fingerprint density at radius 1 is 1.19 bits per heavy atom. The number of alkyl carbamates (subject to hydrolysis) is 1. The van der Waals surface area contributed by atoms with Gasteiger partial charge < -0.3 is 30.1 Å². The van der Waals surface area contributed by atoms with E-state index >= 15 is 0 Å². The smallest absolute Gasteiger partial charge is 0.408 e. The van der Waals surface area contributed by atoms with Crippen LogP contribution in [0.5, 0.6) is 5.75 Å². The van der Waals surface area contributed by atoms with E-state index in [9.17, 15) is 24.3 Å². The molecule has 1 aliphatic carbocycles. The van der Waals surface area contributed by atoms with E-state index in [1.165, 1.54) is 11.0 Å². The third-order valence-corrected chi connectivity index (χ3v) is 7.84.